The number of imidazole rings is 1. The number of benzene rings is 2. The lowest BCUT2D eigenvalue weighted by molar-refractivity contribution is -0.116. The van der Waals surface area contributed by atoms with Gasteiger partial charge in [0.15, 0.2) is 0 Å². The predicted octanol–water partition coefficient (Wildman–Crippen LogP) is 3.06. The van der Waals surface area contributed by atoms with Gasteiger partial charge in [-0.1, -0.05) is 12.1 Å². The highest BCUT2D eigenvalue weighted by molar-refractivity contribution is 5.94. The van der Waals surface area contributed by atoms with Gasteiger partial charge in [-0.05, 0) is 29.8 Å². The molecule has 0 radical (unpaired) electrons. The van der Waals surface area contributed by atoms with Crippen LogP contribution in [-0.4, -0.2) is 40.8 Å². The second-order valence-corrected chi connectivity index (χ2v) is 6.62. The fourth-order valence-electron chi connectivity index (χ4n) is 3.51. The van der Waals surface area contributed by atoms with Crippen LogP contribution in [-0.2, 0) is 4.79 Å². The van der Waals surface area contributed by atoms with Crippen molar-refractivity contribution in [2.45, 2.75) is 12.3 Å². The molecule has 1 aliphatic rings. The Balaban J connectivity index is 1.80. The zero-order valence-electron chi connectivity index (χ0n) is 15.9. The normalized spacial score (nSPS) is 15.4. The van der Waals surface area contributed by atoms with Crippen LogP contribution in [0.4, 0.5) is 5.82 Å². The molecule has 0 aliphatic carbocycles. The molecule has 4 rings (SSSR count). The van der Waals surface area contributed by atoms with Crippen LogP contribution < -0.4 is 14.8 Å². The van der Waals surface area contributed by atoms with Crippen LogP contribution >= 0.6 is 0 Å². The van der Waals surface area contributed by atoms with E-state index in [1.807, 2.05) is 0 Å². The highest BCUT2D eigenvalue weighted by atomic mass is 16.5. The van der Waals surface area contributed by atoms with Gasteiger partial charge in [-0.2, -0.15) is 0 Å². The molecular formula is C21H19N3O5. The number of nitrogens with one attached hydrogen (secondary N) is 1. The summed E-state index contributed by atoms with van der Waals surface area (Å²) in [5.74, 6) is 0.389. The van der Waals surface area contributed by atoms with E-state index in [9.17, 15) is 9.59 Å². The third-order valence-electron chi connectivity index (χ3n) is 4.98. The van der Waals surface area contributed by atoms with Gasteiger partial charge >= 0.3 is 5.97 Å². The summed E-state index contributed by atoms with van der Waals surface area (Å²) >= 11 is 0. The lowest BCUT2D eigenvalue weighted by Gasteiger charge is -2.24. The molecule has 2 N–H and O–H groups in total. The summed E-state index contributed by atoms with van der Waals surface area (Å²) in [4.78, 5) is 28.1. The number of carboxylic acids is 1. The van der Waals surface area contributed by atoms with Crippen molar-refractivity contribution in [1.29, 1.82) is 0 Å². The summed E-state index contributed by atoms with van der Waals surface area (Å²) in [6.07, 6.45) is 1.86. The molecule has 0 saturated heterocycles. The van der Waals surface area contributed by atoms with Crippen molar-refractivity contribution in [2.75, 3.05) is 19.5 Å². The van der Waals surface area contributed by atoms with Crippen LogP contribution in [0.5, 0.6) is 11.5 Å². The first-order chi connectivity index (χ1) is 14.0. The van der Waals surface area contributed by atoms with Crippen molar-refractivity contribution in [2.24, 2.45) is 0 Å². The first kappa shape index (κ1) is 18.5. The molecule has 8 heteroatoms. The zero-order valence-corrected chi connectivity index (χ0v) is 15.9. The highest BCUT2D eigenvalue weighted by Crippen LogP contribution is 2.39. The monoisotopic (exact) mass is 393 g/mol. The van der Waals surface area contributed by atoms with E-state index in [0.29, 0.717) is 28.7 Å². The summed E-state index contributed by atoms with van der Waals surface area (Å²) in [5.41, 5.74) is 2.41. The first-order valence-electron chi connectivity index (χ1n) is 8.94. The van der Waals surface area contributed by atoms with E-state index >= 15 is 0 Å². The molecule has 2 aromatic carbocycles. The maximum absolute atomic E-state index is 12.4. The molecule has 29 heavy (non-hydrogen) atoms. The molecule has 0 spiro atoms. The molecule has 148 valence electrons. The summed E-state index contributed by atoms with van der Waals surface area (Å²) < 4.78 is 12.5. The lowest BCUT2D eigenvalue weighted by atomic mass is 9.89. The standard InChI is InChI=1S/C21H19N3O5/c1-28-14-7-8-17(29-2)16(9-14)24-11-22-19-15(10-18(25)23-20(19)24)12-3-5-13(6-4-12)21(26)27/h3-9,11,15H,10H2,1-2H3,(H,23,25)(H,26,27)/t15-/m1/s1. The van der Waals surface area contributed by atoms with Crippen molar-refractivity contribution < 1.29 is 24.2 Å². The number of aromatic carboxylic acids is 1. The number of methoxy groups -OCH3 is 2. The van der Waals surface area contributed by atoms with Crippen LogP contribution in [0, 0.1) is 0 Å². The quantitative estimate of drug-likeness (QED) is 0.691. The number of carbonyl (C=O) groups excluding carboxylic acids is 1. The van der Waals surface area contributed by atoms with Crippen LogP contribution in [0.1, 0.15) is 34.0 Å². The summed E-state index contributed by atoms with van der Waals surface area (Å²) in [5, 5.41) is 12.0. The van der Waals surface area contributed by atoms with Gasteiger partial charge in [0.25, 0.3) is 0 Å². The Hall–Kier alpha value is -3.81. The minimum absolute atomic E-state index is 0.145. The number of nitrogens with zero attached hydrogens (tertiary/aromatic N) is 2. The molecule has 0 bridgehead atoms. The maximum atomic E-state index is 12.4. The number of amides is 1. The van der Waals surface area contributed by atoms with Crippen LogP contribution in [0.15, 0.2) is 48.8 Å². The maximum Gasteiger partial charge on any atom is 0.335 e. The number of hydrogen-bond donors (Lipinski definition) is 2. The Bertz CT molecular complexity index is 1090. The minimum Gasteiger partial charge on any atom is -0.497 e. The van der Waals surface area contributed by atoms with Gasteiger partial charge in [0, 0.05) is 18.4 Å². The smallest absolute Gasteiger partial charge is 0.335 e. The van der Waals surface area contributed by atoms with Crippen molar-refractivity contribution in [3.8, 4) is 17.2 Å². The molecule has 3 aromatic rings. The van der Waals surface area contributed by atoms with Gasteiger partial charge in [-0.15, -0.1) is 0 Å². The molecule has 1 atom stereocenters. The van der Waals surface area contributed by atoms with Gasteiger partial charge in [0.1, 0.15) is 23.6 Å². The Morgan fingerprint density at radius 1 is 1.17 bits per heavy atom. The lowest BCUT2D eigenvalue weighted by Crippen LogP contribution is -2.25. The van der Waals surface area contributed by atoms with E-state index in [0.717, 1.165) is 5.56 Å². The SMILES string of the molecule is COc1ccc(OC)c(-n2cnc3c2NC(=O)C[C@@H]3c2ccc(C(=O)O)cc2)c1. The van der Waals surface area contributed by atoms with E-state index < -0.39 is 5.97 Å². The van der Waals surface area contributed by atoms with Crippen molar-refractivity contribution >= 4 is 17.7 Å². The second-order valence-electron chi connectivity index (χ2n) is 6.62. The molecule has 1 amide bonds. The topological polar surface area (TPSA) is 103 Å². The number of carbonyl (C=O) groups is 2. The average molecular weight is 393 g/mol. The molecule has 0 fully saturated rings. The molecule has 8 nitrogen and oxygen atoms in total. The fourth-order valence-corrected chi connectivity index (χ4v) is 3.51. The average Bonchev–Trinajstić information content (AvgIpc) is 3.16. The van der Waals surface area contributed by atoms with Gasteiger partial charge in [-0.3, -0.25) is 9.36 Å². The number of ether oxygens (including phenoxy) is 2. The Labute approximate surface area is 166 Å². The Kier molecular flexibility index (Phi) is 4.67. The molecule has 0 saturated carbocycles. The molecular weight excluding hydrogens is 374 g/mol. The fraction of sp³-hybridized carbons (Fsp3) is 0.190. The summed E-state index contributed by atoms with van der Waals surface area (Å²) in [6.45, 7) is 0. The van der Waals surface area contributed by atoms with Gasteiger partial charge in [-0.25, -0.2) is 9.78 Å². The number of hydrogen-bond acceptors (Lipinski definition) is 5. The predicted molar refractivity (Wildman–Crippen MR) is 105 cm³/mol. The van der Waals surface area contributed by atoms with Gasteiger partial charge in [0.2, 0.25) is 5.91 Å². The van der Waals surface area contributed by atoms with Crippen LogP contribution in [0.25, 0.3) is 5.69 Å². The number of rotatable bonds is 5. The van der Waals surface area contributed by atoms with Gasteiger partial charge in [0.05, 0.1) is 31.2 Å². The van der Waals surface area contributed by atoms with Gasteiger partial charge < -0.3 is 19.9 Å². The van der Waals surface area contributed by atoms with E-state index in [4.69, 9.17) is 14.6 Å². The summed E-state index contributed by atoms with van der Waals surface area (Å²) in [7, 11) is 3.15. The third kappa shape index (κ3) is 3.29. The highest BCUT2D eigenvalue weighted by Gasteiger charge is 2.31. The Morgan fingerprint density at radius 3 is 2.59 bits per heavy atom. The molecule has 0 unspecified atom stereocenters. The molecule has 1 aromatic heterocycles. The van der Waals surface area contributed by atoms with E-state index in [-0.39, 0.29) is 23.8 Å². The van der Waals surface area contributed by atoms with Crippen molar-refractivity contribution in [3.05, 3.63) is 65.6 Å². The number of anilines is 1. The number of fused-ring (bicyclic) bond motifs is 1. The summed E-state index contributed by atoms with van der Waals surface area (Å²) in [6, 6.07) is 11.9. The Morgan fingerprint density at radius 2 is 1.93 bits per heavy atom. The largest absolute Gasteiger partial charge is 0.497 e. The van der Waals surface area contributed by atoms with Crippen molar-refractivity contribution in [3.63, 3.8) is 0 Å². The third-order valence-corrected chi connectivity index (χ3v) is 4.98. The molecule has 1 aliphatic heterocycles. The van der Waals surface area contributed by atoms with E-state index in [1.165, 1.54) is 12.1 Å². The number of aromatic nitrogens is 2. The van der Waals surface area contributed by atoms with Crippen molar-refractivity contribution in [1.82, 2.24) is 9.55 Å². The zero-order chi connectivity index (χ0) is 20.5. The number of carboxylic acid groups (broad SMARTS) is 1. The molecule has 2 heterocycles. The van der Waals surface area contributed by atoms with E-state index in [1.54, 1.807) is 55.4 Å². The first-order valence-corrected chi connectivity index (χ1v) is 8.94. The second kappa shape index (κ2) is 7.31. The minimum atomic E-state index is -0.993. The van der Waals surface area contributed by atoms with E-state index in [2.05, 4.69) is 10.3 Å². The van der Waals surface area contributed by atoms with Crippen LogP contribution in [0.2, 0.25) is 0 Å². The van der Waals surface area contributed by atoms with Crippen LogP contribution in [0.3, 0.4) is 0 Å².